The van der Waals surface area contributed by atoms with Gasteiger partial charge in [-0.05, 0) is 39.2 Å². The number of hydrogen-bond acceptors (Lipinski definition) is 3. The van der Waals surface area contributed by atoms with Crippen molar-refractivity contribution in [3.63, 3.8) is 0 Å². The Morgan fingerprint density at radius 2 is 2.13 bits per heavy atom. The molecule has 3 heteroatoms. The van der Waals surface area contributed by atoms with Gasteiger partial charge in [0.15, 0.2) is 0 Å². The third-order valence-corrected chi connectivity index (χ3v) is 2.37. The molecule has 1 rings (SSSR count). The maximum Gasteiger partial charge on any atom is 0.142 e. The summed E-state index contributed by atoms with van der Waals surface area (Å²) in [6.07, 6.45) is 3.99. The first-order chi connectivity index (χ1) is 6.84. The zero-order valence-electron chi connectivity index (χ0n) is 10.4. The van der Waals surface area contributed by atoms with E-state index in [-0.39, 0.29) is 11.6 Å². The van der Waals surface area contributed by atoms with Gasteiger partial charge < -0.3 is 9.80 Å². The number of hydrazine groups is 1. The van der Waals surface area contributed by atoms with E-state index in [0.29, 0.717) is 5.92 Å². The van der Waals surface area contributed by atoms with Gasteiger partial charge in [-0.1, -0.05) is 13.8 Å². The van der Waals surface area contributed by atoms with Crippen LogP contribution < -0.4 is 5.43 Å². The van der Waals surface area contributed by atoms with E-state index in [2.05, 4.69) is 45.1 Å². The predicted molar refractivity (Wildman–Crippen MR) is 62.1 cm³/mol. The van der Waals surface area contributed by atoms with E-state index in [4.69, 9.17) is 0 Å². The van der Waals surface area contributed by atoms with Crippen LogP contribution in [0.2, 0.25) is 0 Å². The highest BCUT2D eigenvalue weighted by atomic mass is 16.1. The normalized spacial score (nSPS) is 22.1. The monoisotopic (exact) mass is 210 g/mol. The topological polar surface area (TPSA) is 32.3 Å². The maximum atomic E-state index is 10.8. The fraction of sp³-hybridized carbons (Fsp3) is 0.750. The highest BCUT2D eigenvalue weighted by Crippen LogP contribution is 2.26. The van der Waals surface area contributed by atoms with Crippen LogP contribution in [0.1, 0.15) is 41.0 Å². The molecule has 1 aliphatic heterocycles. The van der Waals surface area contributed by atoms with E-state index in [9.17, 15) is 4.79 Å². The van der Waals surface area contributed by atoms with Crippen molar-refractivity contribution in [1.29, 1.82) is 0 Å². The van der Waals surface area contributed by atoms with Crippen LogP contribution in [0.4, 0.5) is 0 Å². The Hall–Kier alpha value is -0.830. The minimum atomic E-state index is -0.155. The molecule has 0 amide bonds. The van der Waals surface area contributed by atoms with Crippen molar-refractivity contribution >= 4 is 6.29 Å². The summed E-state index contributed by atoms with van der Waals surface area (Å²) in [6, 6.07) is -0.155. The third-order valence-electron chi connectivity index (χ3n) is 2.37. The highest BCUT2D eigenvalue weighted by Gasteiger charge is 2.30. The zero-order valence-corrected chi connectivity index (χ0v) is 10.4. The highest BCUT2D eigenvalue weighted by molar-refractivity contribution is 5.62. The van der Waals surface area contributed by atoms with Crippen LogP contribution in [0.5, 0.6) is 0 Å². The fourth-order valence-corrected chi connectivity index (χ4v) is 1.82. The summed E-state index contributed by atoms with van der Waals surface area (Å²) in [5.74, 6) is 0.605. The van der Waals surface area contributed by atoms with Gasteiger partial charge in [-0.3, -0.25) is 0 Å². The molecule has 0 fully saturated rings. The fourth-order valence-electron chi connectivity index (χ4n) is 1.82. The Morgan fingerprint density at radius 1 is 1.53 bits per heavy atom. The lowest BCUT2D eigenvalue weighted by molar-refractivity contribution is -0.109. The van der Waals surface area contributed by atoms with Gasteiger partial charge in [0.25, 0.3) is 0 Å². The summed E-state index contributed by atoms with van der Waals surface area (Å²) in [5.41, 5.74) is 4.45. The summed E-state index contributed by atoms with van der Waals surface area (Å²) in [6.45, 7) is 10.8. The second kappa shape index (κ2) is 4.35. The molecular formula is C12H22N2O. The van der Waals surface area contributed by atoms with Crippen LogP contribution in [-0.2, 0) is 4.79 Å². The van der Waals surface area contributed by atoms with Crippen LogP contribution in [0.3, 0.4) is 0 Å². The molecule has 1 N–H and O–H groups in total. The maximum absolute atomic E-state index is 10.8. The molecule has 0 aromatic rings. The molecule has 1 aliphatic rings. The number of nitrogens with zero attached hydrogens (tertiary/aromatic N) is 1. The minimum Gasteiger partial charge on any atom is -0.307 e. The van der Waals surface area contributed by atoms with Gasteiger partial charge in [0.05, 0.1) is 0 Å². The van der Waals surface area contributed by atoms with Gasteiger partial charge >= 0.3 is 0 Å². The summed E-state index contributed by atoms with van der Waals surface area (Å²) < 4.78 is 0. The van der Waals surface area contributed by atoms with Gasteiger partial charge in [-0.25, -0.2) is 5.43 Å². The van der Waals surface area contributed by atoms with Gasteiger partial charge in [0, 0.05) is 11.2 Å². The second-order valence-corrected chi connectivity index (χ2v) is 5.55. The first-order valence-electron chi connectivity index (χ1n) is 5.57. The molecule has 1 atom stereocenters. The Labute approximate surface area is 92.5 Å². The molecule has 0 aromatic heterocycles. The van der Waals surface area contributed by atoms with E-state index in [0.717, 1.165) is 12.7 Å². The SMILES string of the molecule is CC(C)CC1=CC(C=O)NN1C(C)(C)C. The van der Waals surface area contributed by atoms with Gasteiger partial charge in [-0.2, -0.15) is 0 Å². The summed E-state index contributed by atoms with van der Waals surface area (Å²) in [7, 11) is 0. The number of hydrogen-bond donors (Lipinski definition) is 1. The third kappa shape index (κ3) is 3.06. The Bertz CT molecular complexity index is 263. The Balaban J connectivity index is 2.81. The molecule has 86 valence electrons. The lowest BCUT2D eigenvalue weighted by Gasteiger charge is -2.36. The standard InChI is InChI=1S/C12H22N2O/c1-9(2)6-11-7-10(8-15)13-14(11)12(3,4)5/h7-10,13H,6H2,1-5H3. The molecular weight excluding hydrogens is 188 g/mol. The molecule has 0 saturated heterocycles. The van der Waals surface area contributed by atoms with E-state index >= 15 is 0 Å². The quantitative estimate of drug-likeness (QED) is 0.724. The van der Waals surface area contributed by atoms with Crippen molar-refractivity contribution in [2.75, 3.05) is 0 Å². The van der Waals surface area contributed by atoms with Crippen LogP contribution in [0.15, 0.2) is 11.8 Å². The second-order valence-electron chi connectivity index (χ2n) is 5.55. The van der Waals surface area contributed by atoms with Crippen LogP contribution in [-0.4, -0.2) is 22.9 Å². The van der Waals surface area contributed by atoms with Crippen molar-refractivity contribution in [3.05, 3.63) is 11.8 Å². The largest absolute Gasteiger partial charge is 0.307 e. The minimum absolute atomic E-state index is 0.0124. The first kappa shape index (κ1) is 12.2. The number of rotatable bonds is 3. The van der Waals surface area contributed by atoms with Crippen LogP contribution in [0, 0.1) is 5.92 Å². The molecule has 1 heterocycles. The Kier molecular flexibility index (Phi) is 3.55. The molecule has 0 radical (unpaired) electrons. The number of allylic oxidation sites excluding steroid dienone is 1. The summed E-state index contributed by atoms with van der Waals surface area (Å²) in [5, 5.41) is 2.12. The van der Waals surface area contributed by atoms with Gasteiger partial charge in [0.1, 0.15) is 12.3 Å². The average molecular weight is 210 g/mol. The molecule has 0 bridgehead atoms. The number of nitrogens with one attached hydrogen (secondary N) is 1. The summed E-state index contributed by atoms with van der Waals surface area (Å²) in [4.78, 5) is 10.8. The number of carbonyl (C=O) groups excluding carboxylic acids is 1. The molecule has 0 saturated carbocycles. The number of aldehydes is 1. The van der Waals surface area contributed by atoms with E-state index < -0.39 is 0 Å². The van der Waals surface area contributed by atoms with E-state index in [1.165, 1.54) is 5.70 Å². The zero-order chi connectivity index (χ0) is 11.6. The first-order valence-corrected chi connectivity index (χ1v) is 5.57. The van der Waals surface area contributed by atoms with Crippen molar-refractivity contribution in [2.24, 2.45) is 5.92 Å². The van der Waals surface area contributed by atoms with Crippen molar-refractivity contribution in [1.82, 2.24) is 10.4 Å². The predicted octanol–water partition coefficient (Wildman–Crippen LogP) is 2.10. The van der Waals surface area contributed by atoms with E-state index in [1.807, 2.05) is 6.08 Å². The molecule has 15 heavy (non-hydrogen) atoms. The Morgan fingerprint density at radius 3 is 2.53 bits per heavy atom. The molecule has 0 aromatic carbocycles. The van der Waals surface area contributed by atoms with Crippen molar-refractivity contribution < 1.29 is 4.79 Å². The smallest absolute Gasteiger partial charge is 0.142 e. The van der Waals surface area contributed by atoms with Crippen molar-refractivity contribution in [3.8, 4) is 0 Å². The average Bonchev–Trinajstić information content (AvgIpc) is 2.45. The van der Waals surface area contributed by atoms with E-state index in [1.54, 1.807) is 0 Å². The molecule has 0 spiro atoms. The lowest BCUT2D eigenvalue weighted by atomic mass is 10.0. The van der Waals surface area contributed by atoms with Gasteiger partial charge in [0.2, 0.25) is 0 Å². The molecule has 1 unspecified atom stereocenters. The molecule has 3 nitrogen and oxygen atoms in total. The van der Waals surface area contributed by atoms with Gasteiger partial charge in [-0.15, -0.1) is 0 Å². The molecule has 0 aliphatic carbocycles. The van der Waals surface area contributed by atoms with Crippen LogP contribution in [0.25, 0.3) is 0 Å². The summed E-state index contributed by atoms with van der Waals surface area (Å²) >= 11 is 0. The number of carbonyl (C=O) groups is 1. The lowest BCUT2D eigenvalue weighted by Crippen LogP contribution is -2.49. The van der Waals surface area contributed by atoms with Crippen molar-refractivity contribution in [2.45, 2.75) is 52.6 Å². The van der Waals surface area contributed by atoms with Crippen LogP contribution >= 0.6 is 0 Å².